The second-order valence-electron chi connectivity index (χ2n) is 13.8. The van der Waals surface area contributed by atoms with Crippen LogP contribution in [0.2, 0.25) is 0 Å². The molecule has 0 aliphatic heterocycles. The van der Waals surface area contributed by atoms with Gasteiger partial charge in [-0.2, -0.15) is 0 Å². The summed E-state index contributed by atoms with van der Waals surface area (Å²) < 4.78 is 13.6. The van der Waals surface area contributed by atoms with Gasteiger partial charge in [0.1, 0.15) is 24.7 Å². The van der Waals surface area contributed by atoms with E-state index in [1.165, 1.54) is 38.2 Å². The molecule has 3 aromatic carbocycles. The van der Waals surface area contributed by atoms with E-state index in [0.29, 0.717) is 13.2 Å². The molecule has 0 saturated heterocycles. The minimum Gasteiger partial charge on any atom is -0.491 e. The zero-order valence-electron chi connectivity index (χ0n) is 27.7. The van der Waals surface area contributed by atoms with E-state index in [1.54, 1.807) is 0 Å². The third kappa shape index (κ3) is 8.80. The van der Waals surface area contributed by atoms with Gasteiger partial charge >= 0.3 is 0 Å². The second kappa shape index (κ2) is 13.7. The van der Waals surface area contributed by atoms with E-state index in [-0.39, 0.29) is 10.8 Å². The summed E-state index contributed by atoms with van der Waals surface area (Å²) in [5.41, 5.74) is 4.89. The van der Waals surface area contributed by atoms with Crippen molar-refractivity contribution in [1.29, 1.82) is 0 Å². The Morgan fingerprint density at radius 1 is 0.610 bits per heavy atom. The smallest absolute Gasteiger partial charge is 0.131 e. The summed E-state index contributed by atoms with van der Waals surface area (Å²) in [5, 5.41) is 3.82. The van der Waals surface area contributed by atoms with Crippen molar-refractivity contribution in [2.24, 2.45) is 0 Å². The van der Waals surface area contributed by atoms with Crippen molar-refractivity contribution in [2.75, 3.05) is 54.5 Å². The number of hydrogen-bond acceptors (Lipinski definition) is 4. The highest BCUT2D eigenvalue weighted by molar-refractivity contribution is 7.80. The molecule has 0 amide bonds. The van der Waals surface area contributed by atoms with Gasteiger partial charge in [-0.3, -0.25) is 0 Å². The molecule has 0 radical (unpaired) electrons. The molecule has 0 fully saturated rings. The Kier molecular flexibility index (Phi) is 11.1. The number of ether oxygens (including phenoxy) is 2. The van der Waals surface area contributed by atoms with Crippen molar-refractivity contribution in [1.82, 2.24) is 9.80 Å². The van der Waals surface area contributed by atoms with E-state index in [2.05, 4.69) is 148 Å². The van der Waals surface area contributed by atoms with Crippen LogP contribution in [0.4, 0.5) is 0 Å². The lowest BCUT2D eigenvalue weighted by Crippen LogP contribution is -2.30. The molecule has 0 aromatic heterocycles. The summed E-state index contributed by atoms with van der Waals surface area (Å²) in [6, 6.07) is 20.3. The van der Waals surface area contributed by atoms with Gasteiger partial charge in [-0.15, -0.1) is 0 Å². The van der Waals surface area contributed by atoms with Crippen molar-refractivity contribution in [2.45, 2.75) is 66.2 Å². The normalized spacial score (nSPS) is 12.5. The zero-order chi connectivity index (χ0) is 30.5. The van der Waals surface area contributed by atoms with Crippen LogP contribution in [0.5, 0.6) is 11.5 Å². The van der Waals surface area contributed by atoms with Crippen molar-refractivity contribution in [3.8, 4) is 11.5 Å². The molecular weight excluding hydrogens is 523 g/mol. The standard InChI is InChI=1S/C36H53N2O2P/c1-26-22-29(35(3,4)5)33(39-20-18-37(9)10)31(24-26)41(28-16-14-13-15-17-28)32-25-27(2)23-30(36(6,7)8)34(32)40-21-19-38(11)12/h13-17,22-25H,18-21H2,1-12H3. The SMILES string of the molecule is Cc1cc(P(c2ccccc2)c2cc(C)cc(C(C)(C)C)c2OCCN(C)C)c(OCCN(C)C)c(C(C)(C)C)c1. The fourth-order valence-corrected chi connectivity index (χ4v) is 7.63. The summed E-state index contributed by atoms with van der Waals surface area (Å²) >= 11 is 0. The Hall–Kier alpha value is -2.39. The van der Waals surface area contributed by atoms with Crippen molar-refractivity contribution < 1.29 is 9.47 Å². The average molecular weight is 577 g/mol. The molecule has 4 nitrogen and oxygen atoms in total. The van der Waals surface area contributed by atoms with Gasteiger partial charge in [0.05, 0.1) is 0 Å². The highest BCUT2D eigenvalue weighted by atomic mass is 31.1. The molecule has 0 saturated carbocycles. The van der Waals surface area contributed by atoms with Crippen molar-refractivity contribution in [3.05, 3.63) is 76.9 Å². The number of benzene rings is 3. The molecule has 3 aromatic rings. The first-order valence-corrected chi connectivity index (χ1v) is 16.1. The van der Waals surface area contributed by atoms with Crippen LogP contribution in [0.15, 0.2) is 54.6 Å². The number of nitrogens with zero attached hydrogens (tertiary/aromatic N) is 2. The van der Waals surface area contributed by atoms with Crippen LogP contribution in [0.3, 0.4) is 0 Å². The minimum absolute atomic E-state index is 0.0693. The molecule has 0 atom stereocenters. The molecule has 0 spiro atoms. The van der Waals surface area contributed by atoms with Crippen LogP contribution in [0.1, 0.15) is 63.8 Å². The van der Waals surface area contributed by atoms with E-state index in [9.17, 15) is 0 Å². The predicted molar refractivity (Wildman–Crippen MR) is 180 cm³/mol. The lowest BCUT2D eigenvalue weighted by molar-refractivity contribution is 0.258. The quantitative estimate of drug-likeness (QED) is 0.242. The van der Waals surface area contributed by atoms with E-state index in [4.69, 9.17) is 9.47 Å². The number of hydrogen-bond donors (Lipinski definition) is 0. The Bertz CT molecular complexity index is 1210. The van der Waals surface area contributed by atoms with Crippen LogP contribution < -0.4 is 25.4 Å². The first kappa shape index (κ1) is 33.1. The maximum absolute atomic E-state index is 6.79. The Balaban J connectivity index is 2.41. The van der Waals surface area contributed by atoms with Crippen molar-refractivity contribution >= 4 is 23.8 Å². The molecule has 3 rings (SSSR count). The van der Waals surface area contributed by atoms with Gasteiger partial charge < -0.3 is 19.3 Å². The van der Waals surface area contributed by atoms with Crippen LogP contribution in [0.25, 0.3) is 0 Å². The monoisotopic (exact) mass is 576 g/mol. The summed E-state index contributed by atoms with van der Waals surface area (Å²) in [6.45, 7) is 21.1. The molecular formula is C36H53N2O2P. The molecule has 0 bridgehead atoms. The molecule has 0 aliphatic rings. The summed E-state index contributed by atoms with van der Waals surface area (Å²) in [7, 11) is 7.40. The maximum Gasteiger partial charge on any atom is 0.131 e. The Morgan fingerprint density at radius 3 is 1.34 bits per heavy atom. The van der Waals surface area contributed by atoms with Gasteiger partial charge in [0.15, 0.2) is 0 Å². The van der Waals surface area contributed by atoms with Gasteiger partial charge in [-0.05, 0) is 89.4 Å². The lowest BCUT2D eigenvalue weighted by Gasteiger charge is -2.32. The number of rotatable bonds is 11. The maximum atomic E-state index is 6.79. The molecule has 0 N–H and O–H groups in total. The molecule has 0 unspecified atom stereocenters. The topological polar surface area (TPSA) is 24.9 Å². The molecule has 224 valence electrons. The Labute approximate surface area is 251 Å². The number of aryl methyl sites for hydroxylation is 2. The third-order valence-corrected chi connectivity index (χ3v) is 9.55. The Morgan fingerprint density at radius 2 is 1.00 bits per heavy atom. The third-order valence-electron chi connectivity index (χ3n) is 7.11. The summed E-state index contributed by atoms with van der Waals surface area (Å²) in [6.07, 6.45) is 0. The van der Waals surface area contributed by atoms with Crippen LogP contribution in [0, 0.1) is 13.8 Å². The zero-order valence-corrected chi connectivity index (χ0v) is 28.6. The lowest BCUT2D eigenvalue weighted by atomic mass is 9.85. The second-order valence-corrected chi connectivity index (χ2v) is 15.9. The molecule has 0 heterocycles. The highest BCUT2D eigenvalue weighted by Crippen LogP contribution is 2.45. The first-order valence-electron chi connectivity index (χ1n) is 14.8. The van der Waals surface area contributed by atoms with Crippen LogP contribution in [-0.4, -0.2) is 64.3 Å². The van der Waals surface area contributed by atoms with Gasteiger partial charge in [0.2, 0.25) is 0 Å². The van der Waals surface area contributed by atoms with E-state index in [1.807, 2.05) is 0 Å². The van der Waals surface area contributed by atoms with E-state index < -0.39 is 7.92 Å². The summed E-state index contributed by atoms with van der Waals surface area (Å²) in [4.78, 5) is 4.36. The largest absolute Gasteiger partial charge is 0.491 e. The van der Waals surface area contributed by atoms with Gasteiger partial charge in [-0.25, -0.2) is 0 Å². The number of likely N-dealkylation sites (N-methyl/N-ethyl adjacent to an activating group) is 2. The molecule has 0 aliphatic carbocycles. The first-order chi connectivity index (χ1) is 19.1. The van der Waals surface area contributed by atoms with Gasteiger partial charge in [-0.1, -0.05) is 84.0 Å². The van der Waals surface area contributed by atoms with E-state index >= 15 is 0 Å². The molecule has 5 heteroatoms. The fourth-order valence-electron chi connectivity index (χ4n) is 4.90. The van der Waals surface area contributed by atoms with Crippen LogP contribution in [-0.2, 0) is 10.8 Å². The van der Waals surface area contributed by atoms with E-state index in [0.717, 1.165) is 24.6 Å². The van der Waals surface area contributed by atoms with Gasteiger partial charge in [0, 0.05) is 34.8 Å². The van der Waals surface area contributed by atoms with Crippen LogP contribution >= 0.6 is 7.92 Å². The molecule has 41 heavy (non-hydrogen) atoms. The average Bonchev–Trinajstić information content (AvgIpc) is 2.85. The van der Waals surface area contributed by atoms with Gasteiger partial charge in [0.25, 0.3) is 0 Å². The predicted octanol–water partition coefficient (Wildman–Crippen LogP) is 6.54. The fraction of sp³-hybridized carbons (Fsp3) is 0.500. The van der Waals surface area contributed by atoms with Crippen molar-refractivity contribution in [3.63, 3.8) is 0 Å². The minimum atomic E-state index is -0.988. The highest BCUT2D eigenvalue weighted by Gasteiger charge is 2.32. The summed E-state index contributed by atoms with van der Waals surface area (Å²) in [5.74, 6) is 2.05.